The Kier molecular flexibility index (Phi) is 4.60. The highest BCUT2D eigenvalue weighted by Gasteiger charge is 2.36. The molecule has 0 saturated carbocycles. The molecule has 3 amide bonds. The van der Waals surface area contributed by atoms with Gasteiger partial charge in [0.05, 0.1) is 33.2 Å². The Balaban J connectivity index is 1.92. The van der Waals surface area contributed by atoms with E-state index in [0.29, 0.717) is 21.7 Å². The molecule has 0 aromatic heterocycles. The Labute approximate surface area is 150 Å². The largest absolute Gasteiger partial charge is 0.448 e. The van der Waals surface area contributed by atoms with Crippen molar-refractivity contribution >= 4 is 33.3 Å². The SMILES string of the molecule is CCOC(=O)N=S(C)(=O)c1ccc(N2C(=O)c3ccccc3C2=O)cc1. The summed E-state index contributed by atoms with van der Waals surface area (Å²) in [5, 5.41) is 0. The summed E-state index contributed by atoms with van der Waals surface area (Å²) < 4.78 is 20.9. The molecule has 0 radical (unpaired) electrons. The van der Waals surface area contributed by atoms with Crippen LogP contribution in [0.25, 0.3) is 0 Å². The molecule has 134 valence electrons. The zero-order valence-corrected chi connectivity index (χ0v) is 15.0. The molecule has 0 fully saturated rings. The van der Waals surface area contributed by atoms with Crippen LogP contribution in [0.3, 0.4) is 0 Å². The number of amides is 3. The van der Waals surface area contributed by atoms with Gasteiger partial charge in [0.15, 0.2) is 0 Å². The first-order valence-electron chi connectivity index (χ1n) is 7.82. The van der Waals surface area contributed by atoms with E-state index in [-0.39, 0.29) is 6.61 Å². The fourth-order valence-corrected chi connectivity index (χ4v) is 3.70. The molecular weight excluding hydrogens is 356 g/mol. The quantitative estimate of drug-likeness (QED) is 0.772. The van der Waals surface area contributed by atoms with Crippen molar-refractivity contribution in [2.75, 3.05) is 17.8 Å². The van der Waals surface area contributed by atoms with Crippen molar-refractivity contribution in [1.82, 2.24) is 0 Å². The summed E-state index contributed by atoms with van der Waals surface area (Å²) in [6.07, 6.45) is 0.422. The lowest BCUT2D eigenvalue weighted by Gasteiger charge is -2.14. The topological polar surface area (TPSA) is 93.1 Å². The van der Waals surface area contributed by atoms with E-state index in [1.165, 1.54) is 30.5 Å². The Morgan fingerprint density at radius 1 is 1.04 bits per heavy atom. The summed E-state index contributed by atoms with van der Waals surface area (Å²) in [5.41, 5.74) is 1.04. The minimum Gasteiger partial charge on any atom is -0.448 e. The first-order valence-corrected chi connectivity index (χ1v) is 9.74. The first kappa shape index (κ1) is 17.8. The van der Waals surface area contributed by atoms with Gasteiger partial charge in [0.25, 0.3) is 11.8 Å². The summed E-state index contributed by atoms with van der Waals surface area (Å²) >= 11 is 0. The molecule has 3 rings (SSSR count). The molecule has 0 saturated heterocycles. The lowest BCUT2D eigenvalue weighted by atomic mass is 10.1. The fourth-order valence-electron chi connectivity index (χ4n) is 2.62. The zero-order valence-electron chi connectivity index (χ0n) is 14.2. The number of imide groups is 1. The normalized spacial score (nSPS) is 15.4. The number of hydrogen-bond acceptors (Lipinski definition) is 5. The van der Waals surface area contributed by atoms with Crippen LogP contribution in [0.4, 0.5) is 10.5 Å². The Morgan fingerprint density at radius 3 is 2.08 bits per heavy atom. The van der Waals surface area contributed by atoms with E-state index in [1.807, 2.05) is 0 Å². The molecule has 7 nitrogen and oxygen atoms in total. The van der Waals surface area contributed by atoms with Gasteiger partial charge >= 0.3 is 6.09 Å². The molecule has 0 aliphatic carbocycles. The second-order valence-corrected chi connectivity index (χ2v) is 7.84. The monoisotopic (exact) mass is 372 g/mol. The Morgan fingerprint density at radius 2 is 1.58 bits per heavy atom. The zero-order chi connectivity index (χ0) is 18.9. The van der Waals surface area contributed by atoms with Crippen LogP contribution in [0.5, 0.6) is 0 Å². The van der Waals surface area contributed by atoms with Crippen molar-refractivity contribution in [3.8, 4) is 0 Å². The van der Waals surface area contributed by atoms with E-state index in [1.54, 1.807) is 31.2 Å². The maximum absolute atomic E-state index is 12.6. The molecule has 8 heteroatoms. The maximum atomic E-state index is 12.6. The molecule has 0 N–H and O–H groups in total. The number of carbonyl (C=O) groups excluding carboxylic acids is 3. The molecule has 1 unspecified atom stereocenters. The standard InChI is InChI=1S/C18H16N2O5S/c1-3-25-18(23)19-26(2,24)13-10-8-12(9-11-13)20-16(21)14-6-4-5-7-15(14)17(20)22/h4-11H,3H2,1-2H3. The van der Waals surface area contributed by atoms with E-state index in [2.05, 4.69) is 9.10 Å². The molecule has 1 heterocycles. The van der Waals surface area contributed by atoms with Crippen LogP contribution < -0.4 is 4.90 Å². The highest BCUT2D eigenvalue weighted by molar-refractivity contribution is 7.93. The number of nitrogens with zero attached hydrogens (tertiary/aromatic N) is 2. The predicted octanol–water partition coefficient (Wildman–Crippen LogP) is 3.10. The van der Waals surface area contributed by atoms with Crippen molar-refractivity contribution in [2.45, 2.75) is 11.8 Å². The summed E-state index contributed by atoms with van der Waals surface area (Å²) in [6.45, 7) is 1.76. The Hall–Kier alpha value is -3.00. The second-order valence-electron chi connectivity index (χ2n) is 5.58. The van der Waals surface area contributed by atoms with Crippen LogP contribution in [-0.2, 0) is 14.5 Å². The van der Waals surface area contributed by atoms with Gasteiger partial charge in [-0.2, -0.15) is 0 Å². The molecule has 26 heavy (non-hydrogen) atoms. The van der Waals surface area contributed by atoms with Gasteiger partial charge in [0.2, 0.25) is 0 Å². The van der Waals surface area contributed by atoms with E-state index < -0.39 is 27.6 Å². The molecule has 2 aromatic rings. The molecule has 1 aliphatic rings. The number of ether oxygens (including phenoxy) is 1. The third kappa shape index (κ3) is 3.11. The minimum absolute atomic E-state index is 0.135. The first-order chi connectivity index (χ1) is 12.3. The van der Waals surface area contributed by atoms with Gasteiger partial charge in [-0.1, -0.05) is 12.1 Å². The van der Waals surface area contributed by atoms with Crippen molar-refractivity contribution < 1.29 is 23.3 Å². The maximum Gasteiger partial charge on any atom is 0.442 e. The van der Waals surface area contributed by atoms with Gasteiger partial charge < -0.3 is 4.74 Å². The highest BCUT2D eigenvalue weighted by atomic mass is 32.2. The van der Waals surface area contributed by atoms with Crippen molar-refractivity contribution in [3.63, 3.8) is 0 Å². The van der Waals surface area contributed by atoms with Gasteiger partial charge in [0, 0.05) is 11.2 Å². The number of carbonyl (C=O) groups is 3. The van der Waals surface area contributed by atoms with Crippen LogP contribution in [0.15, 0.2) is 57.8 Å². The fraction of sp³-hybridized carbons (Fsp3) is 0.167. The third-order valence-electron chi connectivity index (χ3n) is 3.84. The van der Waals surface area contributed by atoms with Gasteiger partial charge in [-0.3, -0.25) is 9.59 Å². The molecule has 1 atom stereocenters. The van der Waals surface area contributed by atoms with Crippen LogP contribution in [-0.4, -0.2) is 35.0 Å². The van der Waals surface area contributed by atoms with Crippen molar-refractivity contribution in [3.05, 3.63) is 59.7 Å². The number of hydrogen-bond donors (Lipinski definition) is 0. The highest BCUT2D eigenvalue weighted by Crippen LogP contribution is 2.29. The van der Waals surface area contributed by atoms with Gasteiger partial charge in [-0.25, -0.2) is 13.9 Å². The summed E-state index contributed by atoms with van der Waals surface area (Å²) in [4.78, 5) is 37.8. The molecule has 0 spiro atoms. The smallest absolute Gasteiger partial charge is 0.442 e. The minimum atomic E-state index is -2.99. The van der Waals surface area contributed by atoms with E-state index in [4.69, 9.17) is 0 Å². The van der Waals surface area contributed by atoms with Gasteiger partial charge in [0.1, 0.15) is 0 Å². The second kappa shape index (κ2) is 6.72. The molecule has 0 bridgehead atoms. The van der Waals surface area contributed by atoms with Crippen LogP contribution in [0.1, 0.15) is 27.6 Å². The molecule has 1 aliphatic heterocycles. The lowest BCUT2D eigenvalue weighted by molar-refractivity contribution is 0.0926. The number of rotatable bonds is 3. The van der Waals surface area contributed by atoms with Crippen LogP contribution in [0.2, 0.25) is 0 Å². The van der Waals surface area contributed by atoms with Gasteiger partial charge in [-0.15, -0.1) is 4.36 Å². The van der Waals surface area contributed by atoms with Crippen molar-refractivity contribution in [2.24, 2.45) is 4.36 Å². The molecular formula is C18H16N2O5S. The predicted molar refractivity (Wildman–Crippen MR) is 95.8 cm³/mol. The molecule has 2 aromatic carbocycles. The summed E-state index contributed by atoms with van der Waals surface area (Å²) in [7, 11) is -2.99. The third-order valence-corrected chi connectivity index (χ3v) is 5.49. The van der Waals surface area contributed by atoms with E-state index >= 15 is 0 Å². The van der Waals surface area contributed by atoms with Crippen LogP contribution in [0, 0.1) is 0 Å². The summed E-state index contributed by atoms with van der Waals surface area (Å²) in [6, 6.07) is 12.5. The number of anilines is 1. The van der Waals surface area contributed by atoms with E-state index in [0.717, 1.165) is 4.90 Å². The average molecular weight is 372 g/mol. The Bertz CT molecular complexity index is 985. The number of benzene rings is 2. The number of fused-ring (bicyclic) bond motifs is 1. The lowest BCUT2D eigenvalue weighted by Crippen LogP contribution is -2.29. The van der Waals surface area contributed by atoms with Crippen LogP contribution >= 0.6 is 0 Å². The van der Waals surface area contributed by atoms with Crippen molar-refractivity contribution in [1.29, 1.82) is 0 Å². The average Bonchev–Trinajstić information content (AvgIpc) is 2.86. The van der Waals surface area contributed by atoms with Gasteiger partial charge in [-0.05, 0) is 43.3 Å². The van der Waals surface area contributed by atoms with E-state index in [9.17, 15) is 18.6 Å². The summed E-state index contributed by atoms with van der Waals surface area (Å²) in [5.74, 6) is -0.821.